The van der Waals surface area contributed by atoms with Crippen molar-refractivity contribution >= 4 is 11.8 Å². The number of methoxy groups -OCH3 is 1. The number of benzene rings is 1. The van der Waals surface area contributed by atoms with Crippen molar-refractivity contribution in [2.75, 3.05) is 7.11 Å². The molecule has 0 saturated heterocycles. The highest BCUT2D eigenvalue weighted by Gasteiger charge is 2.21. The lowest BCUT2D eigenvalue weighted by Crippen LogP contribution is -2.03. The molecule has 0 bridgehead atoms. The number of aromatic nitrogens is 6. The number of nitrogens with zero attached hydrogens (tertiary/aromatic N) is 6. The Labute approximate surface area is 143 Å². The van der Waals surface area contributed by atoms with Crippen molar-refractivity contribution in [1.82, 2.24) is 30.3 Å². The van der Waals surface area contributed by atoms with Gasteiger partial charge in [0.1, 0.15) is 11.4 Å². The predicted molar refractivity (Wildman–Crippen MR) is 88.4 cm³/mol. The average Bonchev–Trinajstić information content (AvgIpc) is 3.23. The Morgan fingerprint density at radius 2 is 2.21 bits per heavy atom. The first-order valence-corrected chi connectivity index (χ1v) is 8.42. The smallest absolute Gasteiger partial charge is 0.239 e. The average molecular weight is 346 g/mol. The fourth-order valence-corrected chi connectivity index (χ4v) is 2.99. The number of thioether (sulfide) groups is 1. The first-order chi connectivity index (χ1) is 11.6. The third kappa shape index (κ3) is 3.25. The quantitative estimate of drug-likeness (QED) is 0.629. The van der Waals surface area contributed by atoms with E-state index < -0.39 is 0 Å². The highest BCUT2D eigenvalue weighted by atomic mass is 32.2. The summed E-state index contributed by atoms with van der Waals surface area (Å²) in [4.78, 5) is 4.36. The third-order valence-electron chi connectivity index (χ3n) is 3.43. The van der Waals surface area contributed by atoms with E-state index in [9.17, 15) is 0 Å². The lowest BCUT2D eigenvalue weighted by Gasteiger charge is -2.11. The van der Waals surface area contributed by atoms with E-state index in [4.69, 9.17) is 9.26 Å². The van der Waals surface area contributed by atoms with Gasteiger partial charge >= 0.3 is 0 Å². The Morgan fingerprint density at radius 1 is 1.38 bits per heavy atom. The molecule has 0 aliphatic heterocycles. The van der Waals surface area contributed by atoms with Gasteiger partial charge in [-0.1, -0.05) is 29.9 Å². The van der Waals surface area contributed by atoms with Crippen LogP contribution in [0.15, 0.2) is 27.9 Å². The van der Waals surface area contributed by atoms with E-state index in [2.05, 4.69) is 25.7 Å². The molecule has 2 heterocycles. The van der Waals surface area contributed by atoms with Crippen molar-refractivity contribution in [3.05, 3.63) is 35.5 Å². The summed E-state index contributed by atoms with van der Waals surface area (Å²) in [6.07, 6.45) is 0.735. The van der Waals surface area contributed by atoms with Crippen molar-refractivity contribution in [2.45, 2.75) is 37.6 Å². The van der Waals surface area contributed by atoms with E-state index in [0.29, 0.717) is 22.6 Å². The molecule has 8 nitrogen and oxygen atoms in total. The highest BCUT2D eigenvalue weighted by Crippen LogP contribution is 2.34. The first-order valence-electron chi connectivity index (χ1n) is 7.55. The maximum atomic E-state index is 5.42. The monoisotopic (exact) mass is 346 g/mol. The molecule has 0 radical (unpaired) electrons. The minimum atomic E-state index is -0.0710. The summed E-state index contributed by atoms with van der Waals surface area (Å²) in [6.45, 7) is 5.97. The number of rotatable bonds is 6. The molecule has 0 spiro atoms. The molecule has 9 heteroatoms. The summed E-state index contributed by atoms with van der Waals surface area (Å²) < 4.78 is 12.4. The van der Waals surface area contributed by atoms with E-state index in [1.165, 1.54) is 11.8 Å². The normalized spacial score (nSPS) is 12.3. The maximum absolute atomic E-state index is 5.42. The van der Waals surface area contributed by atoms with E-state index in [1.54, 1.807) is 11.8 Å². The van der Waals surface area contributed by atoms with Gasteiger partial charge in [0, 0.05) is 6.42 Å². The second kappa shape index (κ2) is 7.00. The Bertz CT molecular complexity index is 831. The summed E-state index contributed by atoms with van der Waals surface area (Å²) >= 11 is 1.45. The summed E-state index contributed by atoms with van der Waals surface area (Å²) in [6, 6.07) is 5.86. The molecular weight excluding hydrogens is 328 g/mol. The third-order valence-corrected chi connectivity index (χ3v) is 4.45. The fraction of sp³-hybridized carbons (Fsp3) is 0.400. The van der Waals surface area contributed by atoms with Crippen LogP contribution in [-0.4, -0.2) is 37.5 Å². The summed E-state index contributed by atoms with van der Waals surface area (Å²) in [7, 11) is 1.62. The second-order valence-electron chi connectivity index (χ2n) is 5.21. The van der Waals surface area contributed by atoms with Crippen LogP contribution in [0.3, 0.4) is 0 Å². The van der Waals surface area contributed by atoms with Crippen LogP contribution >= 0.6 is 11.8 Å². The molecule has 0 saturated carbocycles. The molecule has 126 valence electrons. The second-order valence-corrected chi connectivity index (χ2v) is 6.52. The van der Waals surface area contributed by atoms with Crippen LogP contribution in [0.4, 0.5) is 0 Å². The first kappa shape index (κ1) is 16.4. The zero-order valence-corrected chi connectivity index (χ0v) is 14.7. The molecular formula is C15H18N6O2S. The Kier molecular flexibility index (Phi) is 4.79. The Morgan fingerprint density at radius 3 is 2.92 bits per heavy atom. The molecule has 3 aromatic rings. The van der Waals surface area contributed by atoms with Gasteiger partial charge in [-0.15, -0.1) is 5.10 Å². The van der Waals surface area contributed by atoms with E-state index in [-0.39, 0.29) is 5.25 Å². The van der Waals surface area contributed by atoms with Gasteiger partial charge in [0.2, 0.25) is 11.0 Å². The highest BCUT2D eigenvalue weighted by molar-refractivity contribution is 7.99. The lowest BCUT2D eigenvalue weighted by atomic mass is 10.2. The molecule has 1 atom stereocenters. The van der Waals surface area contributed by atoms with Gasteiger partial charge < -0.3 is 9.26 Å². The molecule has 0 aliphatic rings. The van der Waals surface area contributed by atoms with E-state index in [0.717, 1.165) is 17.7 Å². The molecule has 2 aromatic heterocycles. The molecule has 1 unspecified atom stereocenters. The van der Waals surface area contributed by atoms with Gasteiger partial charge in [-0.2, -0.15) is 9.67 Å². The van der Waals surface area contributed by atoms with Crippen molar-refractivity contribution < 1.29 is 9.26 Å². The fourth-order valence-electron chi connectivity index (χ4n) is 2.15. The minimum Gasteiger partial charge on any atom is -0.494 e. The topological polar surface area (TPSA) is 91.8 Å². The Hall–Kier alpha value is -2.42. The standard InChI is InChI=1S/C15H18N6O2S/c1-5-13-16-14(23-18-13)10(3)24-15-17-19-20-21(15)11-8-9(2)6-7-12(11)22-4/h6-8,10H,5H2,1-4H3. The minimum absolute atomic E-state index is 0.0710. The zero-order valence-electron chi connectivity index (χ0n) is 13.9. The van der Waals surface area contributed by atoms with Gasteiger partial charge in [0.05, 0.1) is 12.4 Å². The number of hydrogen-bond acceptors (Lipinski definition) is 8. The molecule has 0 amide bonds. The van der Waals surface area contributed by atoms with Crippen molar-refractivity contribution in [3.63, 3.8) is 0 Å². The number of aryl methyl sites for hydroxylation is 2. The molecule has 3 rings (SSSR count). The van der Waals surface area contributed by atoms with E-state index >= 15 is 0 Å². The van der Waals surface area contributed by atoms with Crippen molar-refractivity contribution in [2.24, 2.45) is 0 Å². The van der Waals surface area contributed by atoms with Crippen LogP contribution in [0.5, 0.6) is 5.75 Å². The van der Waals surface area contributed by atoms with E-state index in [1.807, 2.05) is 39.0 Å². The largest absolute Gasteiger partial charge is 0.494 e. The Balaban J connectivity index is 1.89. The molecule has 24 heavy (non-hydrogen) atoms. The zero-order chi connectivity index (χ0) is 17.1. The van der Waals surface area contributed by atoms with Crippen LogP contribution in [0, 0.1) is 6.92 Å². The van der Waals surface area contributed by atoms with Gasteiger partial charge in [-0.25, -0.2) is 0 Å². The molecule has 0 aliphatic carbocycles. The van der Waals surface area contributed by atoms with Crippen molar-refractivity contribution in [3.8, 4) is 11.4 Å². The number of ether oxygens (including phenoxy) is 1. The van der Waals surface area contributed by atoms with Gasteiger partial charge in [0.15, 0.2) is 5.82 Å². The van der Waals surface area contributed by atoms with Crippen LogP contribution in [0.2, 0.25) is 0 Å². The summed E-state index contributed by atoms with van der Waals surface area (Å²) in [5.41, 5.74) is 1.88. The maximum Gasteiger partial charge on any atom is 0.239 e. The van der Waals surface area contributed by atoms with Gasteiger partial charge in [-0.05, 0) is 42.0 Å². The van der Waals surface area contributed by atoms with Crippen LogP contribution < -0.4 is 4.74 Å². The van der Waals surface area contributed by atoms with Gasteiger partial charge in [0.25, 0.3) is 0 Å². The molecule has 1 aromatic carbocycles. The lowest BCUT2D eigenvalue weighted by molar-refractivity contribution is 0.375. The predicted octanol–water partition coefficient (Wildman–Crippen LogP) is 2.78. The van der Waals surface area contributed by atoms with Gasteiger partial charge in [-0.3, -0.25) is 0 Å². The number of hydrogen-bond donors (Lipinski definition) is 0. The van der Waals surface area contributed by atoms with Crippen LogP contribution in [-0.2, 0) is 6.42 Å². The molecule has 0 N–H and O–H groups in total. The van der Waals surface area contributed by atoms with Crippen LogP contribution in [0.25, 0.3) is 5.69 Å². The molecule has 0 fully saturated rings. The summed E-state index contributed by atoms with van der Waals surface area (Å²) in [5, 5.41) is 16.5. The SMILES string of the molecule is CCc1noc(C(C)Sc2nnnn2-c2cc(C)ccc2OC)n1. The van der Waals surface area contributed by atoms with Crippen molar-refractivity contribution in [1.29, 1.82) is 0 Å². The van der Waals surface area contributed by atoms with Crippen LogP contribution in [0.1, 0.15) is 36.4 Å². The number of tetrazole rings is 1. The summed E-state index contributed by atoms with van der Waals surface area (Å²) in [5.74, 6) is 1.95.